The molecule has 1 unspecified atom stereocenters. The summed E-state index contributed by atoms with van der Waals surface area (Å²) < 4.78 is 0. The molecule has 5 nitrogen and oxygen atoms in total. The van der Waals surface area contributed by atoms with E-state index in [0.717, 1.165) is 5.69 Å². The molecule has 0 aliphatic heterocycles. The van der Waals surface area contributed by atoms with E-state index in [9.17, 15) is 0 Å². The van der Waals surface area contributed by atoms with Crippen LogP contribution in [0.2, 0.25) is 0 Å². The van der Waals surface area contributed by atoms with E-state index in [1.54, 1.807) is 18.3 Å². The van der Waals surface area contributed by atoms with Gasteiger partial charge in [-0.25, -0.2) is 4.98 Å². The number of aliphatic hydroxyl groups excluding tert-OH is 2. The maximum atomic E-state index is 9.03. The number of nitrogens with one attached hydrogen (secondary N) is 1. The summed E-state index contributed by atoms with van der Waals surface area (Å²) in [5.41, 5.74) is 6.21. The molecule has 0 aliphatic carbocycles. The Kier molecular flexibility index (Phi) is 3.48. The van der Waals surface area contributed by atoms with Crippen molar-refractivity contribution in [1.82, 2.24) is 4.98 Å². The largest absolute Gasteiger partial charge is 0.394 e. The molecule has 0 amide bonds. The third kappa shape index (κ3) is 3.27. The van der Waals surface area contributed by atoms with Crippen LogP contribution in [-0.4, -0.2) is 34.5 Å². The van der Waals surface area contributed by atoms with Gasteiger partial charge in [0.2, 0.25) is 0 Å². The molecule has 1 atom stereocenters. The van der Waals surface area contributed by atoms with E-state index in [2.05, 4.69) is 10.3 Å². The van der Waals surface area contributed by atoms with Gasteiger partial charge in [0.25, 0.3) is 0 Å². The molecule has 1 rings (SSSR count). The molecule has 0 saturated carbocycles. The van der Waals surface area contributed by atoms with Gasteiger partial charge < -0.3 is 21.3 Å². The van der Waals surface area contributed by atoms with Gasteiger partial charge in [0.1, 0.15) is 5.82 Å². The Morgan fingerprint density at radius 1 is 1.62 bits per heavy atom. The van der Waals surface area contributed by atoms with Gasteiger partial charge in [-0.05, 0) is 6.07 Å². The van der Waals surface area contributed by atoms with Crippen LogP contribution in [0.3, 0.4) is 0 Å². The Morgan fingerprint density at radius 2 is 2.38 bits per heavy atom. The molecule has 0 bridgehead atoms. The predicted octanol–water partition coefficient (Wildman–Crippen LogP) is -0.571. The number of anilines is 2. The highest BCUT2D eigenvalue weighted by Crippen LogP contribution is 2.08. The van der Waals surface area contributed by atoms with Crippen molar-refractivity contribution in [2.24, 2.45) is 0 Å². The fourth-order valence-corrected chi connectivity index (χ4v) is 0.859. The number of aromatic nitrogens is 1. The third-order valence-corrected chi connectivity index (χ3v) is 1.53. The van der Waals surface area contributed by atoms with Gasteiger partial charge in [-0.1, -0.05) is 0 Å². The molecule has 1 aromatic heterocycles. The van der Waals surface area contributed by atoms with Crippen molar-refractivity contribution in [3.05, 3.63) is 18.3 Å². The predicted molar refractivity (Wildman–Crippen MR) is 50.2 cm³/mol. The minimum Gasteiger partial charge on any atom is -0.394 e. The zero-order valence-electron chi connectivity index (χ0n) is 7.14. The number of aliphatic hydroxyl groups is 2. The summed E-state index contributed by atoms with van der Waals surface area (Å²) in [6.45, 7) is 0.0352. The van der Waals surface area contributed by atoms with Crippen molar-refractivity contribution in [2.75, 3.05) is 24.2 Å². The molecule has 0 spiro atoms. The summed E-state index contributed by atoms with van der Waals surface area (Å²) in [5, 5.41) is 20.5. The fraction of sp³-hybridized carbons (Fsp3) is 0.375. The van der Waals surface area contributed by atoms with Gasteiger partial charge in [0, 0.05) is 24.5 Å². The van der Waals surface area contributed by atoms with Gasteiger partial charge >= 0.3 is 0 Å². The summed E-state index contributed by atoms with van der Waals surface area (Å²) >= 11 is 0. The van der Waals surface area contributed by atoms with Crippen molar-refractivity contribution in [3.8, 4) is 0 Å². The summed E-state index contributed by atoms with van der Waals surface area (Å²) in [5.74, 6) is 0.420. The minimum absolute atomic E-state index is 0.256. The smallest absolute Gasteiger partial charge is 0.125 e. The number of nitrogens with two attached hydrogens (primary N) is 1. The highest BCUT2D eigenvalue weighted by Gasteiger charge is 2.00. The molecular formula is C8H13N3O2. The van der Waals surface area contributed by atoms with Crippen LogP contribution >= 0.6 is 0 Å². The number of hydrogen-bond donors (Lipinski definition) is 4. The molecule has 1 aromatic rings. The van der Waals surface area contributed by atoms with Gasteiger partial charge in [-0.3, -0.25) is 0 Å². The van der Waals surface area contributed by atoms with Crippen LogP contribution in [0.4, 0.5) is 11.5 Å². The lowest BCUT2D eigenvalue weighted by molar-refractivity contribution is 0.105. The van der Waals surface area contributed by atoms with Gasteiger partial charge in [-0.2, -0.15) is 0 Å². The summed E-state index contributed by atoms with van der Waals surface area (Å²) in [6, 6.07) is 3.39. The van der Waals surface area contributed by atoms with Gasteiger partial charge in [0.05, 0.1) is 12.7 Å². The average Bonchev–Trinajstić information content (AvgIpc) is 2.14. The number of nitrogens with zero attached hydrogens (tertiary/aromatic N) is 1. The van der Waals surface area contributed by atoms with E-state index in [4.69, 9.17) is 15.9 Å². The van der Waals surface area contributed by atoms with Crippen LogP contribution in [0.25, 0.3) is 0 Å². The molecule has 13 heavy (non-hydrogen) atoms. The Labute approximate surface area is 76.2 Å². The van der Waals surface area contributed by atoms with Crippen molar-refractivity contribution >= 4 is 11.5 Å². The van der Waals surface area contributed by atoms with Crippen LogP contribution < -0.4 is 11.1 Å². The maximum Gasteiger partial charge on any atom is 0.125 e. The SMILES string of the molecule is Nc1cc(NCC(O)CO)ccn1. The lowest BCUT2D eigenvalue weighted by Crippen LogP contribution is -2.22. The summed E-state index contributed by atoms with van der Waals surface area (Å²) in [6.07, 6.45) is 0.817. The second kappa shape index (κ2) is 4.64. The average molecular weight is 183 g/mol. The van der Waals surface area contributed by atoms with Crippen molar-refractivity contribution in [1.29, 1.82) is 0 Å². The van der Waals surface area contributed by atoms with E-state index in [1.807, 2.05) is 0 Å². The first-order valence-electron chi connectivity index (χ1n) is 3.96. The lowest BCUT2D eigenvalue weighted by atomic mass is 10.3. The number of hydrogen-bond acceptors (Lipinski definition) is 5. The molecule has 72 valence electrons. The lowest BCUT2D eigenvalue weighted by Gasteiger charge is -2.09. The zero-order chi connectivity index (χ0) is 9.68. The molecule has 0 aliphatic rings. The van der Waals surface area contributed by atoms with Crippen molar-refractivity contribution in [2.45, 2.75) is 6.10 Å². The number of pyridine rings is 1. The molecule has 0 radical (unpaired) electrons. The highest BCUT2D eigenvalue weighted by molar-refractivity contribution is 5.49. The van der Waals surface area contributed by atoms with Crippen LogP contribution in [0.5, 0.6) is 0 Å². The van der Waals surface area contributed by atoms with Crippen LogP contribution in [0.15, 0.2) is 18.3 Å². The number of nitrogen functional groups attached to an aromatic ring is 1. The molecular weight excluding hydrogens is 170 g/mol. The fourth-order valence-electron chi connectivity index (χ4n) is 0.859. The molecule has 5 heteroatoms. The monoisotopic (exact) mass is 183 g/mol. The van der Waals surface area contributed by atoms with E-state index in [0.29, 0.717) is 12.4 Å². The zero-order valence-corrected chi connectivity index (χ0v) is 7.14. The maximum absolute atomic E-state index is 9.03. The van der Waals surface area contributed by atoms with E-state index >= 15 is 0 Å². The first kappa shape index (κ1) is 9.76. The standard InChI is InChI=1S/C8H13N3O2/c9-8-3-6(1-2-10-8)11-4-7(13)5-12/h1-3,7,12-13H,4-5H2,(H3,9,10,11). The van der Waals surface area contributed by atoms with Gasteiger partial charge in [0.15, 0.2) is 0 Å². The second-order valence-electron chi connectivity index (χ2n) is 2.69. The second-order valence-corrected chi connectivity index (χ2v) is 2.69. The van der Waals surface area contributed by atoms with E-state index in [1.165, 1.54) is 0 Å². The van der Waals surface area contributed by atoms with Gasteiger partial charge in [-0.15, -0.1) is 0 Å². The highest BCUT2D eigenvalue weighted by atomic mass is 16.3. The quantitative estimate of drug-likeness (QED) is 0.501. The van der Waals surface area contributed by atoms with Crippen LogP contribution in [-0.2, 0) is 0 Å². The van der Waals surface area contributed by atoms with E-state index in [-0.39, 0.29) is 6.61 Å². The Balaban J connectivity index is 2.45. The van der Waals surface area contributed by atoms with Crippen molar-refractivity contribution in [3.63, 3.8) is 0 Å². The first-order valence-corrected chi connectivity index (χ1v) is 3.96. The Morgan fingerprint density at radius 3 is 3.00 bits per heavy atom. The Bertz CT molecular complexity index is 267. The molecule has 0 fully saturated rings. The molecule has 1 heterocycles. The normalized spacial score (nSPS) is 12.5. The van der Waals surface area contributed by atoms with E-state index < -0.39 is 6.10 Å². The van der Waals surface area contributed by atoms with Crippen LogP contribution in [0, 0.1) is 0 Å². The topological polar surface area (TPSA) is 91.4 Å². The van der Waals surface area contributed by atoms with Crippen molar-refractivity contribution < 1.29 is 10.2 Å². The first-order chi connectivity index (χ1) is 6.22. The van der Waals surface area contributed by atoms with Crippen LogP contribution in [0.1, 0.15) is 0 Å². The third-order valence-electron chi connectivity index (χ3n) is 1.53. The number of rotatable bonds is 4. The molecule has 0 aromatic carbocycles. The summed E-state index contributed by atoms with van der Waals surface area (Å²) in [4.78, 5) is 3.81. The molecule has 0 saturated heterocycles. The minimum atomic E-state index is -0.755. The Hall–Kier alpha value is -1.33. The molecule has 5 N–H and O–H groups in total. The summed E-state index contributed by atoms with van der Waals surface area (Å²) in [7, 11) is 0.